The van der Waals surface area contributed by atoms with Gasteiger partial charge in [0.25, 0.3) is 5.91 Å². The minimum absolute atomic E-state index is 0.205. The highest BCUT2D eigenvalue weighted by molar-refractivity contribution is 5.95. The van der Waals surface area contributed by atoms with Gasteiger partial charge in [0.05, 0.1) is 0 Å². The number of carbonyl (C=O) groups excluding carboxylic acids is 1. The first-order valence-electron chi connectivity index (χ1n) is 8.32. The Morgan fingerprint density at radius 2 is 2.05 bits per heavy atom. The van der Waals surface area contributed by atoms with Gasteiger partial charge < -0.3 is 10.2 Å². The van der Waals surface area contributed by atoms with Crippen LogP contribution in [0.15, 0.2) is 18.2 Å². The summed E-state index contributed by atoms with van der Waals surface area (Å²) in [7, 11) is 0. The van der Waals surface area contributed by atoms with Crippen molar-refractivity contribution in [3.05, 3.63) is 29.3 Å². The summed E-state index contributed by atoms with van der Waals surface area (Å²) in [6, 6.07) is 6.53. The van der Waals surface area contributed by atoms with Gasteiger partial charge in [0.15, 0.2) is 0 Å². The molecule has 3 nitrogen and oxygen atoms in total. The van der Waals surface area contributed by atoms with Gasteiger partial charge in [-0.1, -0.05) is 20.3 Å². The van der Waals surface area contributed by atoms with Gasteiger partial charge in [0, 0.05) is 30.4 Å². The van der Waals surface area contributed by atoms with Gasteiger partial charge >= 0.3 is 0 Å². The maximum Gasteiger partial charge on any atom is 0.254 e. The van der Waals surface area contributed by atoms with E-state index < -0.39 is 0 Å². The second kappa shape index (κ2) is 7.48. The second-order valence-corrected chi connectivity index (χ2v) is 6.04. The summed E-state index contributed by atoms with van der Waals surface area (Å²) < 4.78 is 0. The van der Waals surface area contributed by atoms with Crippen LogP contribution < -0.4 is 5.32 Å². The highest BCUT2D eigenvalue weighted by Gasteiger charge is 2.32. The molecule has 0 aromatic heterocycles. The van der Waals surface area contributed by atoms with Crippen molar-refractivity contribution in [1.82, 2.24) is 4.90 Å². The highest BCUT2D eigenvalue weighted by atomic mass is 16.2. The Balaban J connectivity index is 2.08. The van der Waals surface area contributed by atoms with Gasteiger partial charge in [-0.15, -0.1) is 0 Å². The lowest BCUT2D eigenvalue weighted by molar-refractivity contribution is 0.0740. The predicted molar refractivity (Wildman–Crippen MR) is 88.9 cm³/mol. The molecule has 1 aromatic rings. The molecule has 1 N–H and O–H groups in total. The van der Waals surface area contributed by atoms with Gasteiger partial charge in [-0.3, -0.25) is 4.79 Å². The van der Waals surface area contributed by atoms with Crippen LogP contribution in [0.2, 0.25) is 0 Å². The fraction of sp³-hybridized carbons (Fsp3) is 0.611. The standard InChI is InChI=1S/C18H28N2O/c1-4-6-12-20(16-8-9-16)18(21)15-7-10-17(14(3)13-15)19-11-5-2/h7,10,13,16,19H,4-6,8-9,11-12H2,1-3H3. The Kier molecular flexibility index (Phi) is 5.66. The molecule has 1 aliphatic carbocycles. The maximum absolute atomic E-state index is 12.7. The number of unbranched alkanes of at least 4 members (excludes halogenated alkanes) is 1. The fourth-order valence-corrected chi connectivity index (χ4v) is 2.59. The van der Waals surface area contributed by atoms with E-state index in [9.17, 15) is 4.79 Å². The van der Waals surface area contributed by atoms with E-state index in [1.165, 1.54) is 12.8 Å². The molecular weight excluding hydrogens is 260 g/mol. The lowest BCUT2D eigenvalue weighted by Crippen LogP contribution is -2.34. The molecule has 0 aliphatic heterocycles. The number of amides is 1. The third-order valence-electron chi connectivity index (χ3n) is 4.04. The van der Waals surface area contributed by atoms with E-state index in [2.05, 4.69) is 31.0 Å². The lowest BCUT2D eigenvalue weighted by atomic mass is 10.1. The molecule has 2 rings (SSSR count). The van der Waals surface area contributed by atoms with Crippen molar-refractivity contribution < 1.29 is 4.79 Å². The summed E-state index contributed by atoms with van der Waals surface area (Å²) in [6.07, 6.45) is 5.68. The number of benzene rings is 1. The number of anilines is 1. The minimum Gasteiger partial charge on any atom is -0.385 e. The monoisotopic (exact) mass is 288 g/mol. The van der Waals surface area contributed by atoms with E-state index in [-0.39, 0.29) is 5.91 Å². The third-order valence-corrected chi connectivity index (χ3v) is 4.04. The van der Waals surface area contributed by atoms with Crippen LogP contribution in [0.1, 0.15) is 61.9 Å². The van der Waals surface area contributed by atoms with E-state index in [1.807, 2.05) is 18.2 Å². The van der Waals surface area contributed by atoms with Gasteiger partial charge in [-0.2, -0.15) is 0 Å². The van der Waals surface area contributed by atoms with E-state index >= 15 is 0 Å². The number of hydrogen-bond donors (Lipinski definition) is 1. The smallest absolute Gasteiger partial charge is 0.254 e. The summed E-state index contributed by atoms with van der Waals surface area (Å²) >= 11 is 0. The summed E-state index contributed by atoms with van der Waals surface area (Å²) in [6.45, 7) is 8.27. The van der Waals surface area contributed by atoms with Crippen molar-refractivity contribution in [3.63, 3.8) is 0 Å². The normalized spacial score (nSPS) is 14.0. The van der Waals surface area contributed by atoms with Crippen LogP contribution in [0, 0.1) is 6.92 Å². The van der Waals surface area contributed by atoms with Gasteiger partial charge in [-0.05, 0) is 56.4 Å². The molecule has 1 fully saturated rings. The third kappa shape index (κ3) is 4.23. The van der Waals surface area contributed by atoms with Gasteiger partial charge in [-0.25, -0.2) is 0 Å². The summed E-state index contributed by atoms with van der Waals surface area (Å²) in [5, 5.41) is 3.40. The van der Waals surface area contributed by atoms with Crippen LogP contribution >= 0.6 is 0 Å². The van der Waals surface area contributed by atoms with Crippen LogP contribution in [0.3, 0.4) is 0 Å². The first-order valence-corrected chi connectivity index (χ1v) is 8.32. The Hall–Kier alpha value is -1.51. The van der Waals surface area contributed by atoms with Crippen molar-refractivity contribution >= 4 is 11.6 Å². The first-order chi connectivity index (χ1) is 10.2. The van der Waals surface area contributed by atoms with E-state index in [1.54, 1.807) is 0 Å². The zero-order valence-electron chi connectivity index (χ0n) is 13.6. The van der Waals surface area contributed by atoms with Gasteiger partial charge in [0.2, 0.25) is 0 Å². The quantitative estimate of drug-likeness (QED) is 0.776. The molecule has 1 amide bonds. The SMILES string of the molecule is CCCCN(C(=O)c1ccc(NCCC)c(C)c1)C1CC1. The number of hydrogen-bond acceptors (Lipinski definition) is 2. The molecule has 3 heteroatoms. The van der Waals surface area contributed by atoms with Crippen molar-refractivity contribution in [3.8, 4) is 0 Å². The number of aryl methyl sites for hydroxylation is 1. The number of nitrogens with zero attached hydrogens (tertiary/aromatic N) is 1. The average molecular weight is 288 g/mol. The first kappa shape index (κ1) is 15.9. The number of nitrogens with one attached hydrogen (secondary N) is 1. The zero-order valence-corrected chi connectivity index (χ0v) is 13.6. The molecule has 0 saturated heterocycles. The average Bonchev–Trinajstić information content (AvgIpc) is 3.31. The van der Waals surface area contributed by atoms with Crippen molar-refractivity contribution in [2.24, 2.45) is 0 Å². The predicted octanol–water partition coefficient (Wildman–Crippen LogP) is 4.22. The lowest BCUT2D eigenvalue weighted by Gasteiger charge is -2.23. The highest BCUT2D eigenvalue weighted by Crippen LogP contribution is 2.29. The topological polar surface area (TPSA) is 32.3 Å². The summed E-state index contributed by atoms with van der Waals surface area (Å²) in [5.41, 5.74) is 3.12. The van der Waals surface area contributed by atoms with Crippen LogP contribution in [0.5, 0.6) is 0 Å². The molecule has 0 atom stereocenters. The van der Waals surface area contributed by atoms with E-state index in [0.29, 0.717) is 6.04 Å². The zero-order chi connectivity index (χ0) is 15.2. The molecule has 116 valence electrons. The molecule has 1 aliphatic rings. The molecule has 1 aromatic carbocycles. The maximum atomic E-state index is 12.7. The Labute approximate surface area is 128 Å². The molecule has 1 saturated carbocycles. The van der Waals surface area contributed by atoms with Crippen molar-refractivity contribution in [1.29, 1.82) is 0 Å². The second-order valence-electron chi connectivity index (χ2n) is 6.04. The fourth-order valence-electron chi connectivity index (χ4n) is 2.59. The molecular formula is C18H28N2O. The van der Waals surface area contributed by atoms with Crippen molar-refractivity contribution in [2.45, 2.75) is 58.9 Å². The number of carbonyl (C=O) groups is 1. The largest absolute Gasteiger partial charge is 0.385 e. The Morgan fingerprint density at radius 3 is 2.62 bits per heavy atom. The molecule has 0 bridgehead atoms. The van der Waals surface area contributed by atoms with Crippen LogP contribution in [0.4, 0.5) is 5.69 Å². The Bertz CT molecular complexity index is 480. The molecule has 0 radical (unpaired) electrons. The summed E-state index contributed by atoms with van der Waals surface area (Å²) in [4.78, 5) is 14.8. The molecule has 0 heterocycles. The van der Waals surface area contributed by atoms with Crippen LogP contribution in [-0.4, -0.2) is 29.9 Å². The molecule has 0 unspecified atom stereocenters. The molecule has 0 spiro atoms. The van der Waals surface area contributed by atoms with Crippen LogP contribution in [0.25, 0.3) is 0 Å². The summed E-state index contributed by atoms with van der Waals surface area (Å²) in [5.74, 6) is 0.205. The van der Waals surface area contributed by atoms with Crippen LogP contribution in [-0.2, 0) is 0 Å². The Morgan fingerprint density at radius 1 is 1.29 bits per heavy atom. The number of rotatable bonds is 8. The molecule has 21 heavy (non-hydrogen) atoms. The van der Waals surface area contributed by atoms with E-state index in [0.717, 1.165) is 49.2 Å². The van der Waals surface area contributed by atoms with Gasteiger partial charge in [0.1, 0.15) is 0 Å². The van der Waals surface area contributed by atoms with Crippen molar-refractivity contribution in [2.75, 3.05) is 18.4 Å². The minimum atomic E-state index is 0.205. The van der Waals surface area contributed by atoms with E-state index in [4.69, 9.17) is 0 Å².